The van der Waals surface area contributed by atoms with Crippen LogP contribution in [0.15, 0.2) is 247 Å². The number of fused-ring (bicyclic) bond motifs is 4. The Hall–Kier alpha value is -8.26. The largest absolute Gasteiger partial charge is 0.455 e. The second kappa shape index (κ2) is 15.3. The first-order valence-corrected chi connectivity index (χ1v) is 21.7. The minimum atomic E-state index is 0.870. The molecule has 1 heterocycles. The zero-order valence-electron chi connectivity index (χ0n) is 34.5. The van der Waals surface area contributed by atoms with E-state index in [1.807, 2.05) is 6.07 Å². The van der Waals surface area contributed by atoms with Gasteiger partial charge in [-0.05, 0) is 124 Å². The molecule has 0 radical (unpaired) electrons. The van der Waals surface area contributed by atoms with Crippen molar-refractivity contribution in [3.63, 3.8) is 0 Å². The lowest BCUT2D eigenvalue weighted by atomic mass is 9.84. The molecule has 0 saturated carbocycles. The summed E-state index contributed by atoms with van der Waals surface area (Å²) in [5, 5.41) is 8.50. The summed E-state index contributed by atoms with van der Waals surface area (Å²) in [6, 6.07) is 87.9. The van der Waals surface area contributed by atoms with Gasteiger partial charge in [-0.1, -0.05) is 212 Å². The molecule has 11 aromatic carbocycles. The molecule has 1 nitrogen and oxygen atoms in total. The minimum Gasteiger partial charge on any atom is -0.455 e. The first-order valence-electron chi connectivity index (χ1n) is 21.7. The highest BCUT2D eigenvalue weighted by Gasteiger charge is 2.21. The quantitative estimate of drug-likeness (QED) is 0.146. The third-order valence-corrected chi connectivity index (χ3v) is 12.7. The molecule has 12 rings (SSSR count). The van der Waals surface area contributed by atoms with Gasteiger partial charge in [0.1, 0.15) is 11.3 Å². The van der Waals surface area contributed by atoms with Crippen molar-refractivity contribution < 1.29 is 4.42 Å². The highest BCUT2D eigenvalue weighted by molar-refractivity contribution is 6.22. The first-order chi connectivity index (χ1) is 31.2. The Kier molecular flexibility index (Phi) is 8.90. The zero-order chi connectivity index (χ0) is 41.7. The highest BCUT2D eigenvalue weighted by atomic mass is 16.3. The summed E-state index contributed by atoms with van der Waals surface area (Å²) in [6.07, 6.45) is 0. The van der Waals surface area contributed by atoms with E-state index in [2.05, 4.69) is 237 Å². The van der Waals surface area contributed by atoms with E-state index >= 15 is 0 Å². The van der Waals surface area contributed by atoms with Gasteiger partial charge in [0.2, 0.25) is 0 Å². The second-order valence-corrected chi connectivity index (χ2v) is 16.4. The summed E-state index contributed by atoms with van der Waals surface area (Å²) in [5.41, 5.74) is 16.1. The maximum absolute atomic E-state index is 6.80. The summed E-state index contributed by atoms with van der Waals surface area (Å²) in [4.78, 5) is 0. The fraction of sp³-hybridized carbons (Fsp3) is 0. The maximum Gasteiger partial charge on any atom is 0.143 e. The third kappa shape index (κ3) is 6.42. The predicted molar refractivity (Wildman–Crippen MR) is 267 cm³/mol. The van der Waals surface area contributed by atoms with Crippen molar-refractivity contribution in [1.82, 2.24) is 0 Å². The fourth-order valence-electron chi connectivity index (χ4n) is 9.74. The van der Waals surface area contributed by atoms with Crippen molar-refractivity contribution in [2.75, 3.05) is 0 Å². The first kappa shape index (κ1) is 36.6. The lowest BCUT2D eigenvalue weighted by Gasteiger charge is -2.20. The molecule has 63 heavy (non-hydrogen) atoms. The Labute approximate surface area is 366 Å². The van der Waals surface area contributed by atoms with Crippen LogP contribution in [0.25, 0.3) is 121 Å². The Morgan fingerprint density at radius 1 is 0.222 bits per heavy atom. The van der Waals surface area contributed by atoms with Crippen LogP contribution < -0.4 is 0 Å². The van der Waals surface area contributed by atoms with Gasteiger partial charge >= 0.3 is 0 Å². The van der Waals surface area contributed by atoms with Crippen LogP contribution in [0.1, 0.15) is 0 Å². The predicted octanol–water partition coefficient (Wildman–Crippen LogP) is 17.6. The molecule has 0 aliphatic rings. The molecule has 0 aliphatic heterocycles. The Morgan fingerprint density at radius 3 is 1.40 bits per heavy atom. The molecule has 294 valence electrons. The van der Waals surface area contributed by atoms with Crippen LogP contribution in [0.3, 0.4) is 0 Å². The van der Waals surface area contributed by atoms with Crippen LogP contribution in [-0.2, 0) is 0 Å². The van der Waals surface area contributed by atoms with E-state index in [9.17, 15) is 0 Å². The lowest BCUT2D eigenvalue weighted by Crippen LogP contribution is -1.92. The van der Waals surface area contributed by atoms with Gasteiger partial charge in [0, 0.05) is 16.5 Å². The molecule has 0 unspecified atom stereocenters. The molecule has 0 bridgehead atoms. The van der Waals surface area contributed by atoms with E-state index in [0.717, 1.165) is 44.5 Å². The third-order valence-electron chi connectivity index (χ3n) is 12.7. The van der Waals surface area contributed by atoms with Crippen molar-refractivity contribution in [2.24, 2.45) is 0 Å². The highest BCUT2D eigenvalue weighted by Crippen LogP contribution is 2.47. The van der Waals surface area contributed by atoms with Crippen LogP contribution >= 0.6 is 0 Å². The summed E-state index contributed by atoms with van der Waals surface area (Å²) in [6.45, 7) is 0. The molecule has 0 aliphatic carbocycles. The Bertz CT molecular complexity index is 3650. The van der Waals surface area contributed by atoms with Crippen LogP contribution in [0.5, 0.6) is 0 Å². The lowest BCUT2D eigenvalue weighted by molar-refractivity contribution is 0.632. The standard InChI is InChI=1S/C62H40O/c1-4-17-41(18-5-1)46-33-35-55-57(39-46)60(54-31-13-12-30-53(54)59(55)50-28-15-26-48(38-50)52-32-16-24-42-19-10-11-29-51(42)52)49-27-14-25-45(37-49)47-34-36-56-58(40-47)63-62(44-22-8-3-9-23-44)61(56)43-20-6-2-7-21-43/h1-40H. The van der Waals surface area contributed by atoms with Gasteiger partial charge in [-0.2, -0.15) is 0 Å². The van der Waals surface area contributed by atoms with Gasteiger partial charge in [0.05, 0.1) is 0 Å². The van der Waals surface area contributed by atoms with E-state index in [1.165, 1.54) is 76.8 Å². The monoisotopic (exact) mass is 800 g/mol. The summed E-state index contributed by atoms with van der Waals surface area (Å²) in [5.74, 6) is 0.887. The molecule has 0 atom stereocenters. The Morgan fingerprint density at radius 2 is 0.683 bits per heavy atom. The van der Waals surface area contributed by atoms with Crippen LogP contribution in [-0.4, -0.2) is 0 Å². The van der Waals surface area contributed by atoms with Crippen molar-refractivity contribution in [2.45, 2.75) is 0 Å². The topological polar surface area (TPSA) is 13.1 Å². The number of benzene rings is 11. The fourth-order valence-corrected chi connectivity index (χ4v) is 9.74. The molecular formula is C62H40O. The summed E-state index contributed by atoms with van der Waals surface area (Å²) >= 11 is 0. The van der Waals surface area contributed by atoms with Crippen molar-refractivity contribution in [1.29, 1.82) is 0 Å². The average Bonchev–Trinajstić information content (AvgIpc) is 3.75. The van der Waals surface area contributed by atoms with Crippen molar-refractivity contribution in [3.8, 4) is 78.1 Å². The maximum atomic E-state index is 6.80. The van der Waals surface area contributed by atoms with Crippen molar-refractivity contribution in [3.05, 3.63) is 243 Å². The minimum absolute atomic E-state index is 0.870. The molecule has 0 amide bonds. The molecule has 0 spiro atoms. The number of furan rings is 1. The zero-order valence-corrected chi connectivity index (χ0v) is 34.5. The normalized spacial score (nSPS) is 11.5. The smallest absolute Gasteiger partial charge is 0.143 e. The van der Waals surface area contributed by atoms with Crippen molar-refractivity contribution >= 4 is 43.3 Å². The van der Waals surface area contributed by atoms with Gasteiger partial charge in [-0.3, -0.25) is 0 Å². The molecule has 12 aromatic rings. The molecule has 0 fully saturated rings. The van der Waals surface area contributed by atoms with Crippen LogP contribution in [0.4, 0.5) is 0 Å². The van der Waals surface area contributed by atoms with Gasteiger partial charge < -0.3 is 4.42 Å². The average molecular weight is 801 g/mol. The van der Waals surface area contributed by atoms with E-state index in [-0.39, 0.29) is 0 Å². The van der Waals surface area contributed by atoms with Gasteiger partial charge in [-0.25, -0.2) is 0 Å². The van der Waals surface area contributed by atoms with E-state index in [0.29, 0.717) is 0 Å². The molecule has 1 aromatic heterocycles. The summed E-state index contributed by atoms with van der Waals surface area (Å²) in [7, 11) is 0. The Balaban J connectivity index is 1.06. The van der Waals surface area contributed by atoms with Crippen LogP contribution in [0.2, 0.25) is 0 Å². The number of hydrogen-bond acceptors (Lipinski definition) is 1. The van der Waals surface area contributed by atoms with E-state index in [1.54, 1.807) is 0 Å². The van der Waals surface area contributed by atoms with Crippen LogP contribution in [0, 0.1) is 0 Å². The SMILES string of the molecule is c1ccc(-c2ccc3c(-c4cccc(-c5cccc6ccccc56)c4)c4ccccc4c(-c4cccc(-c5ccc6c(-c7ccccc7)c(-c7ccccc7)oc6c5)c4)c3c2)cc1. The molecule has 1 heteroatoms. The second-order valence-electron chi connectivity index (χ2n) is 16.4. The van der Waals surface area contributed by atoms with Gasteiger partial charge in [0.25, 0.3) is 0 Å². The summed E-state index contributed by atoms with van der Waals surface area (Å²) < 4.78 is 6.80. The number of rotatable bonds is 7. The van der Waals surface area contributed by atoms with E-state index < -0.39 is 0 Å². The molecule has 0 saturated heterocycles. The molecular weight excluding hydrogens is 761 g/mol. The van der Waals surface area contributed by atoms with Gasteiger partial charge in [0.15, 0.2) is 0 Å². The van der Waals surface area contributed by atoms with Gasteiger partial charge in [-0.15, -0.1) is 0 Å². The number of hydrogen-bond donors (Lipinski definition) is 0. The van der Waals surface area contributed by atoms with E-state index in [4.69, 9.17) is 4.42 Å². The molecule has 0 N–H and O–H groups in total.